The van der Waals surface area contributed by atoms with Crippen molar-refractivity contribution < 1.29 is 14.7 Å². The summed E-state index contributed by atoms with van der Waals surface area (Å²) in [5.41, 5.74) is 3.56. The van der Waals surface area contributed by atoms with E-state index < -0.39 is 5.97 Å². The summed E-state index contributed by atoms with van der Waals surface area (Å²) in [6.45, 7) is 3.91. The Kier molecular flexibility index (Phi) is 4.23. The van der Waals surface area contributed by atoms with Gasteiger partial charge in [0.1, 0.15) is 0 Å². The molecule has 0 bridgehead atoms. The highest BCUT2D eigenvalue weighted by molar-refractivity contribution is 6.00. The first-order valence-electron chi connectivity index (χ1n) is 6.45. The summed E-state index contributed by atoms with van der Waals surface area (Å²) in [5.74, 6) is -0.999. The predicted molar refractivity (Wildman–Crippen MR) is 82.0 cm³/mol. The Bertz CT molecular complexity index is 678. The minimum Gasteiger partial charge on any atom is -0.478 e. The second-order valence-electron chi connectivity index (χ2n) is 4.71. The summed E-state index contributed by atoms with van der Waals surface area (Å²) in [7, 11) is 0. The molecule has 2 aromatic carbocycles. The number of rotatable bonds is 3. The Morgan fingerprint density at radius 3 is 2.24 bits per heavy atom. The third kappa shape index (κ3) is 3.60. The molecule has 3 N–H and O–H groups in total. The first kappa shape index (κ1) is 14.6. The zero-order valence-corrected chi connectivity index (χ0v) is 11.8. The highest BCUT2D eigenvalue weighted by atomic mass is 16.4. The van der Waals surface area contributed by atoms with E-state index in [-0.39, 0.29) is 11.6 Å². The molecule has 5 heteroatoms. The van der Waals surface area contributed by atoms with Gasteiger partial charge < -0.3 is 15.7 Å². The summed E-state index contributed by atoms with van der Waals surface area (Å²) in [4.78, 5) is 22.7. The minimum absolute atomic E-state index is 0.176. The average molecular weight is 284 g/mol. The van der Waals surface area contributed by atoms with Gasteiger partial charge in [-0.2, -0.15) is 0 Å². The lowest BCUT2D eigenvalue weighted by Gasteiger charge is -2.11. The van der Waals surface area contributed by atoms with Crippen molar-refractivity contribution in [1.29, 1.82) is 0 Å². The van der Waals surface area contributed by atoms with Crippen molar-refractivity contribution in [3.05, 3.63) is 59.2 Å². The molecule has 0 radical (unpaired) electrons. The highest BCUT2D eigenvalue weighted by Crippen LogP contribution is 2.18. The molecule has 108 valence electrons. The number of aromatic carboxylic acids is 1. The van der Waals surface area contributed by atoms with Gasteiger partial charge in [0, 0.05) is 11.4 Å². The maximum absolute atomic E-state index is 11.9. The maximum atomic E-state index is 11.9. The number of hydrogen-bond donors (Lipinski definition) is 3. The number of carboxylic acids is 1. The second-order valence-corrected chi connectivity index (χ2v) is 4.71. The molecule has 2 rings (SSSR count). The van der Waals surface area contributed by atoms with Crippen molar-refractivity contribution >= 4 is 23.4 Å². The van der Waals surface area contributed by atoms with Crippen LogP contribution in [0.2, 0.25) is 0 Å². The number of amides is 2. The van der Waals surface area contributed by atoms with Gasteiger partial charge in [0.05, 0.1) is 5.56 Å². The van der Waals surface area contributed by atoms with Crippen LogP contribution in [0, 0.1) is 13.8 Å². The normalized spacial score (nSPS) is 10.0. The number of carbonyl (C=O) groups excluding carboxylic acids is 1. The van der Waals surface area contributed by atoms with Crippen LogP contribution in [0.3, 0.4) is 0 Å². The van der Waals surface area contributed by atoms with Gasteiger partial charge in [0.25, 0.3) is 0 Å². The Morgan fingerprint density at radius 1 is 0.952 bits per heavy atom. The van der Waals surface area contributed by atoms with E-state index in [1.165, 1.54) is 12.1 Å². The summed E-state index contributed by atoms with van der Waals surface area (Å²) in [6, 6.07) is 11.3. The zero-order valence-electron chi connectivity index (χ0n) is 11.8. The third-order valence-corrected chi connectivity index (χ3v) is 3.24. The molecule has 0 saturated heterocycles. The van der Waals surface area contributed by atoms with Crippen LogP contribution in [0.4, 0.5) is 16.2 Å². The highest BCUT2D eigenvalue weighted by Gasteiger charge is 2.07. The van der Waals surface area contributed by atoms with Crippen molar-refractivity contribution in [2.45, 2.75) is 13.8 Å². The van der Waals surface area contributed by atoms with Crippen LogP contribution in [0.15, 0.2) is 42.5 Å². The molecule has 0 heterocycles. The van der Waals surface area contributed by atoms with Crippen molar-refractivity contribution in [3.8, 4) is 0 Å². The molecule has 0 aliphatic carbocycles. The van der Waals surface area contributed by atoms with Crippen molar-refractivity contribution in [2.75, 3.05) is 10.6 Å². The first-order valence-corrected chi connectivity index (χ1v) is 6.45. The number of hydrogen-bond acceptors (Lipinski definition) is 2. The molecule has 2 aromatic rings. The van der Waals surface area contributed by atoms with Crippen molar-refractivity contribution in [2.24, 2.45) is 0 Å². The SMILES string of the molecule is Cc1cccc(NC(=O)Nc2ccc(C(=O)O)cc2)c1C. The topological polar surface area (TPSA) is 78.4 Å². The van der Waals surface area contributed by atoms with E-state index >= 15 is 0 Å². The largest absolute Gasteiger partial charge is 0.478 e. The van der Waals surface area contributed by atoms with Gasteiger partial charge in [-0.25, -0.2) is 9.59 Å². The van der Waals surface area contributed by atoms with Gasteiger partial charge in [-0.3, -0.25) is 0 Å². The fraction of sp³-hybridized carbons (Fsp3) is 0.125. The van der Waals surface area contributed by atoms with E-state index in [4.69, 9.17) is 5.11 Å². The zero-order chi connectivity index (χ0) is 15.4. The number of aryl methyl sites for hydroxylation is 1. The molecule has 0 aliphatic rings. The fourth-order valence-electron chi connectivity index (χ4n) is 1.87. The van der Waals surface area contributed by atoms with E-state index in [0.29, 0.717) is 5.69 Å². The van der Waals surface area contributed by atoms with Crippen LogP contribution in [0.25, 0.3) is 0 Å². The second kappa shape index (κ2) is 6.09. The molecule has 0 atom stereocenters. The Morgan fingerprint density at radius 2 is 1.62 bits per heavy atom. The van der Waals surface area contributed by atoms with Crippen LogP contribution in [0.1, 0.15) is 21.5 Å². The fourth-order valence-corrected chi connectivity index (χ4v) is 1.87. The molecule has 0 saturated carbocycles. The Hall–Kier alpha value is -2.82. The van der Waals surface area contributed by atoms with Crippen LogP contribution in [-0.4, -0.2) is 17.1 Å². The van der Waals surface area contributed by atoms with Gasteiger partial charge in [-0.15, -0.1) is 0 Å². The lowest BCUT2D eigenvalue weighted by molar-refractivity contribution is 0.0697. The molecule has 0 spiro atoms. The van der Waals surface area contributed by atoms with E-state index in [0.717, 1.165) is 16.8 Å². The van der Waals surface area contributed by atoms with E-state index in [1.807, 2.05) is 32.0 Å². The van der Waals surface area contributed by atoms with Crippen LogP contribution < -0.4 is 10.6 Å². The van der Waals surface area contributed by atoms with E-state index in [2.05, 4.69) is 10.6 Å². The summed E-state index contributed by atoms with van der Waals surface area (Å²) in [5, 5.41) is 14.2. The molecule has 0 fully saturated rings. The summed E-state index contributed by atoms with van der Waals surface area (Å²) >= 11 is 0. The standard InChI is InChI=1S/C16H16N2O3/c1-10-4-3-5-14(11(10)2)18-16(21)17-13-8-6-12(7-9-13)15(19)20/h3-9H,1-2H3,(H,19,20)(H2,17,18,21). The lowest BCUT2D eigenvalue weighted by Crippen LogP contribution is -2.20. The first-order chi connectivity index (χ1) is 9.97. The Balaban J connectivity index is 2.04. The van der Waals surface area contributed by atoms with Crippen molar-refractivity contribution in [3.63, 3.8) is 0 Å². The molecule has 2 amide bonds. The molecular weight excluding hydrogens is 268 g/mol. The van der Waals surface area contributed by atoms with E-state index in [9.17, 15) is 9.59 Å². The minimum atomic E-state index is -0.999. The number of benzene rings is 2. The third-order valence-electron chi connectivity index (χ3n) is 3.24. The molecular formula is C16H16N2O3. The summed E-state index contributed by atoms with van der Waals surface area (Å²) in [6.07, 6.45) is 0. The summed E-state index contributed by atoms with van der Waals surface area (Å²) < 4.78 is 0. The molecule has 0 unspecified atom stereocenters. The van der Waals surface area contributed by atoms with Gasteiger partial charge in [0.15, 0.2) is 0 Å². The van der Waals surface area contributed by atoms with Crippen LogP contribution in [-0.2, 0) is 0 Å². The van der Waals surface area contributed by atoms with Crippen LogP contribution in [0.5, 0.6) is 0 Å². The van der Waals surface area contributed by atoms with E-state index in [1.54, 1.807) is 12.1 Å². The number of anilines is 2. The number of urea groups is 1. The number of carbonyl (C=O) groups is 2. The Labute approximate surface area is 122 Å². The van der Waals surface area contributed by atoms with Gasteiger partial charge >= 0.3 is 12.0 Å². The maximum Gasteiger partial charge on any atom is 0.335 e. The van der Waals surface area contributed by atoms with Crippen molar-refractivity contribution in [1.82, 2.24) is 0 Å². The average Bonchev–Trinajstić information content (AvgIpc) is 2.44. The molecule has 0 aliphatic heterocycles. The predicted octanol–water partition coefficient (Wildman–Crippen LogP) is 3.65. The van der Waals surface area contributed by atoms with Gasteiger partial charge in [-0.05, 0) is 55.3 Å². The quantitative estimate of drug-likeness (QED) is 0.805. The monoisotopic (exact) mass is 284 g/mol. The number of nitrogens with one attached hydrogen (secondary N) is 2. The lowest BCUT2D eigenvalue weighted by atomic mass is 10.1. The molecule has 5 nitrogen and oxygen atoms in total. The van der Waals surface area contributed by atoms with Crippen LogP contribution >= 0.6 is 0 Å². The smallest absolute Gasteiger partial charge is 0.335 e. The molecule has 21 heavy (non-hydrogen) atoms. The van der Waals surface area contributed by atoms with Gasteiger partial charge in [-0.1, -0.05) is 12.1 Å². The van der Waals surface area contributed by atoms with Gasteiger partial charge in [0.2, 0.25) is 0 Å². The number of carboxylic acid groups (broad SMARTS) is 1. The molecule has 0 aromatic heterocycles.